The van der Waals surface area contributed by atoms with E-state index in [0.29, 0.717) is 5.92 Å². The van der Waals surface area contributed by atoms with Gasteiger partial charge in [-0.25, -0.2) is 4.99 Å². The standard InChI is InChI=1S/C22H31N3OS3/c1-15(2)17-9-7-8-10-18(17)23-19-25(13-21(3,4)14-29-19)20(27)28-12-16-11-22(5,6)26-24-16/h7-10,15H,11-14H2,1-6H3. The zero-order chi connectivity index (χ0) is 21.2. The van der Waals surface area contributed by atoms with Crippen LogP contribution in [-0.2, 0) is 4.84 Å². The molecule has 0 amide bonds. The molecule has 2 aliphatic heterocycles. The highest BCUT2D eigenvalue weighted by Gasteiger charge is 2.34. The van der Waals surface area contributed by atoms with E-state index in [9.17, 15) is 0 Å². The first-order valence-electron chi connectivity index (χ1n) is 10.0. The van der Waals surface area contributed by atoms with Crippen molar-refractivity contribution >= 4 is 56.6 Å². The lowest BCUT2D eigenvalue weighted by atomic mass is 9.96. The van der Waals surface area contributed by atoms with Crippen molar-refractivity contribution in [2.45, 2.75) is 59.5 Å². The molecule has 0 radical (unpaired) electrons. The molecule has 4 nitrogen and oxygen atoms in total. The van der Waals surface area contributed by atoms with Gasteiger partial charge in [-0.15, -0.1) is 0 Å². The Morgan fingerprint density at radius 1 is 1.31 bits per heavy atom. The van der Waals surface area contributed by atoms with Crippen LogP contribution in [0.3, 0.4) is 0 Å². The molecule has 0 bridgehead atoms. The second-order valence-corrected chi connectivity index (χ2v) is 11.9. The topological polar surface area (TPSA) is 37.2 Å². The average Bonchev–Trinajstić information content (AvgIpc) is 3.00. The van der Waals surface area contributed by atoms with E-state index in [1.807, 2.05) is 0 Å². The number of thioether (sulfide) groups is 2. The lowest BCUT2D eigenvalue weighted by Crippen LogP contribution is -2.45. The second-order valence-electron chi connectivity index (χ2n) is 9.39. The number of para-hydroxylation sites is 1. The van der Waals surface area contributed by atoms with Crippen LogP contribution in [0.1, 0.15) is 59.4 Å². The summed E-state index contributed by atoms with van der Waals surface area (Å²) < 4.78 is 0.860. The number of hydrogen-bond acceptors (Lipinski definition) is 6. The molecular weight excluding hydrogens is 418 g/mol. The first-order valence-corrected chi connectivity index (χ1v) is 12.4. The van der Waals surface area contributed by atoms with Crippen LogP contribution in [-0.4, -0.2) is 43.8 Å². The van der Waals surface area contributed by atoms with Gasteiger partial charge in [-0.2, -0.15) is 0 Å². The Kier molecular flexibility index (Phi) is 7.01. The van der Waals surface area contributed by atoms with Gasteiger partial charge in [0, 0.05) is 24.5 Å². The normalized spacial score (nSPS) is 22.0. The maximum atomic E-state index is 5.84. The molecule has 7 heteroatoms. The molecule has 2 aliphatic rings. The molecule has 158 valence electrons. The highest BCUT2D eigenvalue weighted by molar-refractivity contribution is 8.23. The lowest BCUT2D eigenvalue weighted by molar-refractivity contribution is 0.0123. The van der Waals surface area contributed by atoms with Crippen LogP contribution in [0, 0.1) is 5.41 Å². The number of rotatable bonds is 4. The fourth-order valence-electron chi connectivity index (χ4n) is 3.34. The average molecular weight is 450 g/mol. The van der Waals surface area contributed by atoms with Gasteiger partial charge >= 0.3 is 0 Å². The van der Waals surface area contributed by atoms with Gasteiger partial charge in [-0.05, 0) is 36.8 Å². The first-order chi connectivity index (χ1) is 13.6. The highest BCUT2D eigenvalue weighted by atomic mass is 32.2. The van der Waals surface area contributed by atoms with E-state index in [-0.39, 0.29) is 11.0 Å². The van der Waals surface area contributed by atoms with Crippen LogP contribution in [0.25, 0.3) is 0 Å². The van der Waals surface area contributed by atoms with E-state index in [0.717, 1.165) is 45.4 Å². The zero-order valence-electron chi connectivity index (χ0n) is 18.2. The Labute approximate surface area is 188 Å². The Bertz CT molecular complexity index is 830. The van der Waals surface area contributed by atoms with Crippen molar-refractivity contribution in [3.05, 3.63) is 29.8 Å². The van der Waals surface area contributed by atoms with Crippen molar-refractivity contribution in [1.82, 2.24) is 4.90 Å². The Morgan fingerprint density at radius 2 is 2.03 bits per heavy atom. The van der Waals surface area contributed by atoms with E-state index < -0.39 is 0 Å². The van der Waals surface area contributed by atoms with Crippen molar-refractivity contribution in [3.63, 3.8) is 0 Å². The largest absolute Gasteiger partial charge is 0.389 e. The third-order valence-electron chi connectivity index (χ3n) is 4.82. The molecule has 0 N–H and O–H groups in total. The maximum absolute atomic E-state index is 5.84. The van der Waals surface area contributed by atoms with Crippen LogP contribution in [0.5, 0.6) is 0 Å². The minimum atomic E-state index is -0.201. The third kappa shape index (κ3) is 5.98. The summed E-state index contributed by atoms with van der Waals surface area (Å²) in [7, 11) is 0. The molecule has 1 saturated heterocycles. The molecule has 1 fully saturated rings. The summed E-state index contributed by atoms with van der Waals surface area (Å²) in [6.07, 6.45) is 0.853. The van der Waals surface area contributed by atoms with E-state index >= 15 is 0 Å². The van der Waals surface area contributed by atoms with Gasteiger partial charge in [-0.3, -0.25) is 0 Å². The van der Waals surface area contributed by atoms with Gasteiger partial charge in [0.05, 0.1) is 11.4 Å². The second kappa shape index (κ2) is 8.98. The van der Waals surface area contributed by atoms with Crippen LogP contribution in [0.4, 0.5) is 5.69 Å². The molecule has 1 aromatic carbocycles. The van der Waals surface area contributed by atoms with Crippen LogP contribution in [0.2, 0.25) is 0 Å². The van der Waals surface area contributed by atoms with Gasteiger partial charge in [0.15, 0.2) is 5.17 Å². The number of hydrogen-bond donors (Lipinski definition) is 0. The van der Waals surface area contributed by atoms with Crippen molar-refractivity contribution in [1.29, 1.82) is 0 Å². The van der Waals surface area contributed by atoms with E-state index in [2.05, 4.69) is 75.9 Å². The number of amidine groups is 1. The Hall–Kier alpha value is -1.05. The molecule has 1 aromatic rings. The Morgan fingerprint density at radius 3 is 2.69 bits per heavy atom. The molecule has 0 aliphatic carbocycles. The highest BCUT2D eigenvalue weighted by Crippen LogP contribution is 2.36. The molecular formula is C22H31N3OS3. The van der Waals surface area contributed by atoms with E-state index in [1.54, 1.807) is 23.5 Å². The minimum Gasteiger partial charge on any atom is -0.389 e. The van der Waals surface area contributed by atoms with Gasteiger partial charge in [-0.1, -0.05) is 86.8 Å². The number of aliphatic imine (C=N–C) groups is 1. The molecule has 0 spiro atoms. The van der Waals surface area contributed by atoms with Crippen molar-refractivity contribution < 1.29 is 4.84 Å². The fourth-order valence-corrected chi connectivity index (χ4v) is 5.62. The quantitative estimate of drug-likeness (QED) is 0.494. The molecule has 2 heterocycles. The van der Waals surface area contributed by atoms with Crippen LogP contribution < -0.4 is 0 Å². The number of oxime groups is 1. The predicted molar refractivity (Wildman–Crippen MR) is 133 cm³/mol. The third-order valence-corrected chi connectivity index (χ3v) is 7.83. The van der Waals surface area contributed by atoms with Crippen molar-refractivity contribution in [2.75, 3.05) is 18.1 Å². The van der Waals surface area contributed by atoms with E-state index in [1.165, 1.54) is 5.56 Å². The molecule has 0 unspecified atom stereocenters. The van der Waals surface area contributed by atoms with Gasteiger partial charge in [0.2, 0.25) is 0 Å². The fraction of sp³-hybridized carbons (Fsp3) is 0.591. The molecule has 0 atom stereocenters. The number of nitrogens with zero attached hydrogens (tertiary/aromatic N) is 3. The van der Waals surface area contributed by atoms with Crippen molar-refractivity contribution in [2.24, 2.45) is 15.6 Å². The van der Waals surface area contributed by atoms with Crippen LogP contribution in [0.15, 0.2) is 34.4 Å². The van der Waals surface area contributed by atoms with Gasteiger partial charge in [0.1, 0.15) is 9.92 Å². The first kappa shape index (κ1) is 22.6. The SMILES string of the molecule is CC(C)c1ccccc1N=C1SCC(C)(C)CN1C(=S)SCC1=NOC(C)(C)C1. The maximum Gasteiger partial charge on any atom is 0.169 e. The monoisotopic (exact) mass is 449 g/mol. The minimum absolute atomic E-state index is 0.182. The summed E-state index contributed by atoms with van der Waals surface area (Å²) in [5.74, 6) is 2.23. The van der Waals surface area contributed by atoms with E-state index in [4.69, 9.17) is 22.0 Å². The molecule has 29 heavy (non-hydrogen) atoms. The smallest absolute Gasteiger partial charge is 0.169 e. The van der Waals surface area contributed by atoms with Gasteiger partial charge < -0.3 is 9.74 Å². The number of benzene rings is 1. The molecule has 3 rings (SSSR count). The van der Waals surface area contributed by atoms with Gasteiger partial charge in [0.25, 0.3) is 0 Å². The summed E-state index contributed by atoms with van der Waals surface area (Å²) >= 11 is 9.30. The lowest BCUT2D eigenvalue weighted by Gasteiger charge is -2.39. The van der Waals surface area contributed by atoms with Crippen molar-refractivity contribution in [3.8, 4) is 0 Å². The zero-order valence-corrected chi connectivity index (χ0v) is 20.6. The summed E-state index contributed by atoms with van der Waals surface area (Å²) in [5.41, 5.74) is 3.35. The summed E-state index contributed by atoms with van der Waals surface area (Å²) in [6, 6.07) is 8.41. The summed E-state index contributed by atoms with van der Waals surface area (Å²) in [4.78, 5) is 12.8. The molecule has 0 aromatic heterocycles. The summed E-state index contributed by atoms with van der Waals surface area (Å²) in [6.45, 7) is 14.0. The van der Waals surface area contributed by atoms with Crippen LogP contribution >= 0.6 is 35.7 Å². The molecule has 0 saturated carbocycles. The number of thiocarbonyl (C=S) groups is 1. The summed E-state index contributed by atoms with van der Waals surface area (Å²) in [5, 5.41) is 5.23. The predicted octanol–water partition coefficient (Wildman–Crippen LogP) is 6.45. The Balaban J connectivity index is 1.78.